The third-order valence-corrected chi connectivity index (χ3v) is 0.585. The van der Waals surface area contributed by atoms with E-state index in [2.05, 4.69) is 11.2 Å². The smallest absolute Gasteiger partial charge is 0.404 e. The fourth-order valence-electron chi connectivity index (χ4n) is 0.273. The quantitative estimate of drug-likeness (QED) is 0.526. The van der Waals surface area contributed by atoms with Crippen LogP contribution >= 0.6 is 0 Å². The van der Waals surface area contributed by atoms with Gasteiger partial charge in [-0.15, -0.1) is 6.42 Å². The highest BCUT2D eigenvalue weighted by Gasteiger charge is 1.85. The summed E-state index contributed by atoms with van der Waals surface area (Å²) in [6.45, 7) is 0.263. The number of nitrogens with one attached hydrogen (secondary N) is 1. The van der Waals surface area contributed by atoms with E-state index in [0.29, 0.717) is 0 Å². The van der Waals surface area contributed by atoms with Crippen molar-refractivity contribution in [2.24, 2.45) is 0 Å². The van der Waals surface area contributed by atoms with Gasteiger partial charge in [-0.3, -0.25) is 0 Å². The summed E-state index contributed by atoms with van der Waals surface area (Å²) in [6.07, 6.45) is 6.78. The second-order valence-electron chi connectivity index (χ2n) is 1.26. The van der Waals surface area contributed by atoms with Gasteiger partial charge in [-0.1, -0.05) is 12.0 Å². The average Bonchev–Trinajstić information content (AvgIpc) is 1.80. The first-order chi connectivity index (χ1) is 4.27. The van der Waals surface area contributed by atoms with Gasteiger partial charge in [0.25, 0.3) is 0 Å². The van der Waals surface area contributed by atoms with Gasteiger partial charge >= 0.3 is 6.09 Å². The fourth-order valence-corrected chi connectivity index (χ4v) is 0.273. The molecule has 0 spiro atoms. The summed E-state index contributed by atoms with van der Waals surface area (Å²) in [5.41, 5.74) is 0. The van der Waals surface area contributed by atoms with E-state index in [0.717, 1.165) is 0 Å². The van der Waals surface area contributed by atoms with Crippen LogP contribution < -0.4 is 5.32 Å². The lowest BCUT2D eigenvalue weighted by molar-refractivity contribution is 0.195. The number of hydrogen-bond donors (Lipinski definition) is 2. The van der Waals surface area contributed by atoms with Gasteiger partial charge in [0.2, 0.25) is 0 Å². The van der Waals surface area contributed by atoms with E-state index in [4.69, 9.17) is 11.5 Å². The van der Waals surface area contributed by atoms with Crippen LogP contribution in [0.2, 0.25) is 0 Å². The Morgan fingerprint density at radius 3 is 3.00 bits per heavy atom. The van der Waals surface area contributed by atoms with Crippen LogP contribution in [0.25, 0.3) is 0 Å². The molecule has 1 amide bonds. The normalized spacial score (nSPS) is 8.78. The van der Waals surface area contributed by atoms with Gasteiger partial charge in [0.05, 0.1) is 0 Å². The second kappa shape index (κ2) is 4.72. The van der Waals surface area contributed by atoms with Crippen LogP contribution in [0, 0.1) is 12.3 Å². The topological polar surface area (TPSA) is 49.3 Å². The van der Waals surface area contributed by atoms with Gasteiger partial charge < -0.3 is 10.4 Å². The van der Waals surface area contributed by atoms with Crippen LogP contribution in [-0.2, 0) is 0 Å². The van der Waals surface area contributed by atoms with Gasteiger partial charge in [-0.05, 0) is 6.08 Å². The van der Waals surface area contributed by atoms with Gasteiger partial charge in [0.1, 0.15) is 0 Å². The van der Waals surface area contributed by atoms with Gasteiger partial charge in [0, 0.05) is 6.54 Å². The van der Waals surface area contributed by atoms with Crippen molar-refractivity contribution < 1.29 is 9.90 Å². The molecule has 0 saturated carbocycles. The lowest BCUT2D eigenvalue weighted by Gasteiger charge is -1.89. The molecule has 48 valence electrons. The molecule has 0 atom stereocenters. The number of rotatable bonds is 2. The Balaban J connectivity index is 3.22. The SMILES string of the molecule is C#CC=CCNC(=O)O. The summed E-state index contributed by atoms with van der Waals surface area (Å²) in [5.74, 6) is 2.23. The first-order valence-electron chi connectivity index (χ1n) is 2.35. The summed E-state index contributed by atoms with van der Waals surface area (Å²) in [4.78, 5) is 9.77. The molecule has 0 unspecified atom stereocenters. The molecule has 0 radical (unpaired) electrons. The Morgan fingerprint density at radius 2 is 2.56 bits per heavy atom. The molecule has 0 saturated heterocycles. The van der Waals surface area contributed by atoms with Crippen LogP contribution in [0.4, 0.5) is 4.79 Å². The minimum Gasteiger partial charge on any atom is -0.465 e. The van der Waals surface area contributed by atoms with Crippen molar-refractivity contribution in [1.29, 1.82) is 0 Å². The average molecular weight is 125 g/mol. The maximum Gasteiger partial charge on any atom is 0.404 e. The molecule has 3 nitrogen and oxygen atoms in total. The molecule has 0 aliphatic carbocycles. The zero-order valence-electron chi connectivity index (χ0n) is 4.79. The first-order valence-corrected chi connectivity index (χ1v) is 2.35. The molecule has 0 aromatic rings. The van der Waals surface area contributed by atoms with Crippen molar-refractivity contribution in [3.8, 4) is 12.3 Å². The number of allylic oxidation sites excluding steroid dienone is 1. The minimum atomic E-state index is -1.04. The zero-order chi connectivity index (χ0) is 7.11. The standard InChI is InChI=1S/C6H7NO2/c1-2-3-4-5-7-6(8)9/h1,3-4,7H,5H2,(H,8,9). The maximum atomic E-state index is 9.77. The van der Waals surface area contributed by atoms with E-state index in [1.807, 2.05) is 0 Å². The molecule has 2 N–H and O–H groups in total. The molecule has 0 bridgehead atoms. The van der Waals surface area contributed by atoms with E-state index in [1.54, 1.807) is 6.08 Å². The molecule has 0 aromatic carbocycles. The predicted molar refractivity (Wildman–Crippen MR) is 34.0 cm³/mol. The Bertz CT molecular complexity index is 155. The lowest BCUT2D eigenvalue weighted by atomic mass is 10.5. The zero-order valence-corrected chi connectivity index (χ0v) is 4.79. The number of terminal acetylenes is 1. The Morgan fingerprint density at radius 1 is 1.89 bits per heavy atom. The lowest BCUT2D eigenvalue weighted by Crippen LogP contribution is -2.20. The van der Waals surface area contributed by atoms with Crippen molar-refractivity contribution in [2.75, 3.05) is 6.54 Å². The molecule has 0 aliphatic heterocycles. The van der Waals surface area contributed by atoms with Crippen molar-refractivity contribution in [1.82, 2.24) is 5.32 Å². The number of amides is 1. The number of carbonyl (C=O) groups is 1. The Labute approximate surface area is 53.4 Å². The number of hydrogen-bond acceptors (Lipinski definition) is 1. The summed E-state index contributed by atoms with van der Waals surface area (Å²) in [5, 5.41) is 10.1. The van der Waals surface area contributed by atoms with E-state index in [9.17, 15) is 4.79 Å². The third-order valence-electron chi connectivity index (χ3n) is 0.585. The first kappa shape index (κ1) is 7.57. The third kappa shape index (κ3) is 6.57. The second-order valence-corrected chi connectivity index (χ2v) is 1.26. The van der Waals surface area contributed by atoms with Crippen LogP contribution in [0.5, 0.6) is 0 Å². The van der Waals surface area contributed by atoms with Gasteiger partial charge in [-0.2, -0.15) is 0 Å². The van der Waals surface area contributed by atoms with Gasteiger partial charge in [0.15, 0.2) is 0 Å². The highest BCUT2D eigenvalue weighted by atomic mass is 16.4. The summed E-state index contributed by atoms with van der Waals surface area (Å²) in [6, 6.07) is 0. The van der Waals surface area contributed by atoms with Crippen molar-refractivity contribution in [3.63, 3.8) is 0 Å². The molecular formula is C6H7NO2. The van der Waals surface area contributed by atoms with Crippen LogP contribution in [0.3, 0.4) is 0 Å². The molecule has 0 aliphatic rings. The largest absolute Gasteiger partial charge is 0.465 e. The van der Waals surface area contributed by atoms with Gasteiger partial charge in [-0.25, -0.2) is 4.79 Å². The van der Waals surface area contributed by atoms with E-state index >= 15 is 0 Å². The molecule has 0 fully saturated rings. The van der Waals surface area contributed by atoms with Crippen molar-refractivity contribution >= 4 is 6.09 Å². The van der Waals surface area contributed by atoms with Crippen molar-refractivity contribution in [3.05, 3.63) is 12.2 Å². The summed E-state index contributed by atoms with van der Waals surface area (Å²) in [7, 11) is 0. The van der Waals surface area contributed by atoms with Crippen LogP contribution in [0.15, 0.2) is 12.2 Å². The Hall–Kier alpha value is -1.43. The highest BCUT2D eigenvalue weighted by molar-refractivity contribution is 5.64. The summed E-state index contributed by atoms with van der Waals surface area (Å²) >= 11 is 0. The van der Waals surface area contributed by atoms with Crippen LogP contribution in [0.1, 0.15) is 0 Å². The maximum absolute atomic E-state index is 9.77. The molecule has 0 heterocycles. The van der Waals surface area contributed by atoms with E-state index in [1.165, 1.54) is 6.08 Å². The molecular weight excluding hydrogens is 118 g/mol. The molecule has 9 heavy (non-hydrogen) atoms. The highest BCUT2D eigenvalue weighted by Crippen LogP contribution is 1.66. The molecule has 0 rings (SSSR count). The molecule has 3 heteroatoms. The predicted octanol–water partition coefficient (Wildman–Crippen LogP) is 0.443. The van der Waals surface area contributed by atoms with E-state index in [-0.39, 0.29) is 6.54 Å². The van der Waals surface area contributed by atoms with Crippen LogP contribution in [-0.4, -0.2) is 17.7 Å². The summed E-state index contributed by atoms with van der Waals surface area (Å²) < 4.78 is 0. The molecule has 0 aromatic heterocycles. The minimum absolute atomic E-state index is 0.263. The Kier molecular flexibility index (Phi) is 3.97. The number of carboxylic acid groups (broad SMARTS) is 1. The monoisotopic (exact) mass is 125 g/mol. The fraction of sp³-hybridized carbons (Fsp3) is 0.167. The van der Waals surface area contributed by atoms with E-state index < -0.39 is 6.09 Å². The van der Waals surface area contributed by atoms with Crippen molar-refractivity contribution in [2.45, 2.75) is 0 Å².